The van der Waals surface area contributed by atoms with E-state index in [0.717, 1.165) is 12.1 Å². The van der Waals surface area contributed by atoms with Gasteiger partial charge in [-0.05, 0) is 12.1 Å². The number of ether oxygens (including phenoxy) is 1. The van der Waals surface area contributed by atoms with Crippen LogP contribution in [0.4, 0.5) is 8.78 Å². The van der Waals surface area contributed by atoms with Crippen LogP contribution in [0.2, 0.25) is 0 Å². The molecule has 1 heterocycles. The number of nitrogens with one attached hydrogen (secondary N) is 1. The first-order valence-corrected chi connectivity index (χ1v) is 6.24. The Labute approximate surface area is 125 Å². The van der Waals surface area contributed by atoms with E-state index in [1.807, 2.05) is 0 Å². The molecule has 5 nitrogen and oxygen atoms in total. The molecule has 0 aliphatic heterocycles. The SMILES string of the molecule is O=C(NCC#CCOc1ccc(F)cc1F)c1cnccn1. The van der Waals surface area contributed by atoms with Crippen LogP contribution in [0.5, 0.6) is 5.75 Å². The molecule has 112 valence electrons. The van der Waals surface area contributed by atoms with Gasteiger partial charge in [-0.3, -0.25) is 9.78 Å². The Balaban J connectivity index is 1.74. The summed E-state index contributed by atoms with van der Waals surface area (Å²) in [6.45, 7) is 0.00817. The molecule has 0 radical (unpaired) electrons. The zero-order chi connectivity index (χ0) is 15.8. The second-order valence-corrected chi connectivity index (χ2v) is 3.99. The van der Waals surface area contributed by atoms with E-state index in [1.165, 1.54) is 24.7 Å². The van der Waals surface area contributed by atoms with E-state index in [0.29, 0.717) is 0 Å². The minimum Gasteiger partial charge on any atom is -0.478 e. The monoisotopic (exact) mass is 303 g/mol. The molecule has 0 atom stereocenters. The van der Waals surface area contributed by atoms with Gasteiger partial charge in [0.05, 0.1) is 12.7 Å². The number of halogens is 2. The average molecular weight is 303 g/mol. The third kappa shape index (κ3) is 4.52. The number of hydrogen-bond donors (Lipinski definition) is 1. The van der Waals surface area contributed by atoms with Crippen molar-refractivity contribution in [3.8, 4) is 17.6 Å². The predicted octanol–water partition coefficient (Wildman–Crippen LogP) is 1.57. The topological polar surface area (TPSA) is 64.1 Å². The van der Waals surface area contributed by atoms with Crippen molar-refractivity contribution in [2.24, 2.45) is 0 Å². The lowest BCUT2D eigenvalue weighted by atomic mass is 10.3. The first-order valence-electron chi connectivity index (χ1n) is 6.24. The van der Waals surface area contributed by atoms with Crippen molar-refractivity contribution >= 4 is 5.91 Å². The Bertz CT molecular complexity index is 712. The van der Waals surface area contributed by atoms with E-state index in [4.69, 9.17) is 4.74 Å². The van der Waals surface area contributed by atoms with Gasteiger partial charge in [-0.1, -0.05) is 11.8 Å². The lowest BCUT2D eigenvalue weighted by Crippen LogP contribution is -2.24. The lowest BCUT2D eigenvalue weighted by Gasteiger charge is -2.02. The van der Waals surface area contributed by atoms with Gasteiger partial charge in [-0.25, -0.2) is 13.8 Å². The number of carbonyl (C=O) groups is 1. The molecule has 1 N–H and O–H groups in total. The molecule has 0 aliphatic rings. The van der Waals surface area contributed by atoms with E-state index < -0.39 is 17.5 Å². The zero-order valence-electron chi connectivity index (χ0n) is 11.3. The predicted molar refractivity (Wildman–Crippen MR) is 74.0 cm³/mol. The molecule has 0 unspecified atom stereocenters. The standard InChI is InChI=1S/C15H11F2N3O2/c16-11-3-4-14(12(17)9-11)22-8-2-1-5-20-15(21)13-10-18-6-7-19-13/h3-4,6-7,9-10H,5,8H2,(H,20,21). The maximum atomic E-state index is 13.2. The van der Waals surface area contributed by atoms with E-state index in [9.17, 15) is 13.6 Å². The maximum absolute atomic E-state index is 13.2. The summed E-state index contributed by atoms with van der Waals surface area (Å²) in [5.74, 6) is 3.28. The number of aromatic nitrogens is 2. The van der Waals surface area contributed by atoms with Crippen LogP contribution in [0.15, 0.2) is 36.8 Å². The summed E-state index contributed by atoms with van der Waals surface area (Å²) in [6.07, 6.45) is 4.21. The van der Waals surface area contributed by atoms with Crippen molar-refractivity contribution < 1.29 is 18.3 Å². The van der Waals surface area contributed by atoms with Gasteiger partial charge in [0.2, 0.25) is 0 Å². The largest absolute Gasteiger partial charge is 0.478 e. The third-order valence-electron chi connectivity index (χ3n) is 2.45. The highest BCUT2D eigenvalue weighted by Crippen LogP contribution is 2.17. The van der Waals surface area contributed by atoms with Crippen LogP contribution in [0, 0.1) is 23.5 Å². The van der Waals surface area contributed by atoms with Crippen molar-refractivity contribution in [2.75, 3.05) is 13.2 Å². The average Bonchev–Trinajstić information content (AvgIpc) is 2.53. The Hall–Kier alpha value is -3.01. The molecule has 22 heavy (non-hydrogen) atoms. The summed E-state index contributed by atoms with van der Waals surface area (Å²) in [6, 6.07) is 3.00. The Morgan fingerprint density at radius 3 is 2.86 bits per heavy atom. The van der Waals surface area contributed by atoms with Gasteiger partial charge < -0.3 is 10.1 Å². The van der Waals surface area contributed by atoms with Crippen LogP contribution < -0.4 is 10.1 Å². The number of rotatable bonds is 4. The minimum absolute atomic E-state index is 0.0798. The summed E-state index contributed by atoms with van der Waals surface area (Å²) >= 11 is 0. The number of nitrogens with zero attached hydrogens (tertiary/aromatic N) is 2. The van der Waals surface area contributed by atoms with Crippen LogP contribution >= 0.6 is 0 Å². The number of benzene rings is 1. The summed E-state index contributed by atoms with van der Waals surface area (Å²) in [4.78, 5) is 19.2. The van der Waals surface area contributed by atoms with E-state index >= 15 is 0 Å². The lowest BCUT2D eigenvalue weighted by molar-refractivity contribution is 0.0953. The fraction of sp³-hybridized carbons (Fsp3) is 0.133. The third-order valence-corrected chi connectivity index (χ3v) is 2.45. The molecule has 0 saturated carbocycles. The molecular formula is C15H11F2N3O2. The summed E-state index contributed by atoms with van der Waals surface area (Å²) in [5, 5.41) is 2.52. The van der Waals surface area contributed by atoms with Crippen LogP contribution in [0.3, 0.4) is 0 Å². The second-order valence-electron chi connectivity index (χ2n) is 3.99. The smallest absolute Gasteiger partial charge is 0.272 e. The summed E-state index contributed by atoms with van der Waals surface area (Å²) in [5.41, 5.74) is 0.189. The molecule has 1 aromatic heterocycles. The second kappa shape index (κ2) is 7.69. The molecule has 1 aromatic carbocycles. The molecule has 0 saturated heterocycles. The highest BCUT2D eigenvalue weighted by atomic mass is 19.1. The Morgan fingerprint density at radius 1 is 1.27 bits per heavy atom. The first kappa shape index (κ1) is 15.4. The minimum atomic E-state index is -0.794. The summed E-state index contributed by atoms with van der Waals surface area (Å²) < 4.78 is 30.9. The maximum Gasteiger partial charge on any atom is 0.272 e. The van der Waals surface area contributed by atoms with Crippen molar-refractivity contribution in [1.29, 1.82) is 0 Å². The Kier molecular flexibility index (Phi) is 5.37. The first-order chi connectivity index (χ1) is 10.7. The van der Waals surface area contributed by atoms with Crippen LogP contribution in [-0.4, -0.2) is 29.0 Å². The zero-order valence-corrected chi connectivity index (χ0v) is 11.3. The molecular weight excluding hydrogens is 292 g/mol. The molecule has 0 aliphatic carbocycles. The van der Waals surface area contributed by atoms with Gasteiger partial charge in [0, 0.05) is 18.5 Å². The molecule has 7 heteroatoms. The number of amides is 1. The fourth-order valence-corrected chi connectivity index (χ4v) is 1.45. The quantitative estimate of drug-likeness (QED) is 0.871. The number of hydrogen-bond acceptors (Lipinski definition) is 4. The van der Waals surface area contributed by atoms with E-state index in [2.05, 4.69) is 27.1 Å². The van der Waals surface area contributed by atoms with E-state index in [-0.39, 0.29) is 24.6 Å². The van der Waals surface area contributed by atoms with Crippen LogP contribution in [0.1, 0.15) is 10.5 Å². The highest BCUT2D eigenvalue weighted by Gasteiger charge is 2.04. The van der Waals surface area contributed by atoms with Crippen molar-refractivity contribution in [1.82, 2.24) is 15.3 Å². The molecule has 2 aromatic rings. The van der Waals surface area contributed by atoms with Gasteiger partial charge >= 0.3 is 0 Å². The van der Waals surface area contributed by atoms with Crippen molar-refractivity contribution in [3.05, 3.63) is 54.1 Å². The molecule has 0 fully saturated rings. The van der Waals surface area contributed by atoms with Gasteiger partial charge in [0.15, 0.2) is 11.6 Å². The van der Waals surface area contributed by atoms with Gasteiger partial charge in [-0.2, -0.15) is 0 Å². The molecule has 0 spiro atoms. The number of carbonyl (C=O) groups excluding carboxylic acids is 1. The highest BCUT2D eigenvalue weighted by molar-refractivity contribution is 5.91. The van der Waals surface area contributed by atoms with Gasteiger partial charge in [0.25, 0.3) is 5.91 Å². The van der Waals surface area contributed by atoms with Crippen molar-refractivity contribution in [3.63, 3.8) is 0 Å². The molecule has 2 rings (SSSR count). The van der Waals surface area contributed by atoms with E-state index in [1.54, 1.807) is 0 Å². The van der Waals surface area contributed by atoms with Crippen molar-refractivity contribution in [2.45, 2.75) is 0 Å². The normalized spacial score (nSPS) is 9.55. The Morgan fingerprint density at radius 2 is 2.14 bits per heavy atom. The molecule has 1 amide bonds. The van der Waals surface area contributed by atoms with Crippen LogP contribution in [0.25, 0.3) is 0 Å². The van der Waals surface area contributed by atoms with Crippen LogP contribution in [-0.2, 0) is 0 Å². The summed E-state index contributed by atoms with van der Waals surface area (Å²) in [7, 11) is 0. The van der Waals surface area contributed by atoms with Gasteiger partial charge in [0.1, 0.15) is 18.1 Å². The molecule has 0 bridgehead atoms. The fourth-order valence-electron chi connectivity index (χ4n) is 1.45. The van der Waals surface area contributed by atoms with Gasteiger partial charge in [-0.15, -0.1) is 0 Å².